The molecule has 0 amide bonds. The van der Waals surface area contributed by atoms with Gasteiger partial charge >= 0.3 is 0 Å². The largest absolute Gasteiger partial charge is 0.496 e. The summed E-state index contributed by atoms with van der Waals surface area (Å²) < 4.78 is 15.1. The molecular formula is C26H24N4O3. The summed E-state index contributed by atoms with van der Waals surface area (Å²) in [5.41, 5.74) is 4.16. The molecule has 0 fully saturated rings. The molecule has 3 aromatic heterocycles. The topological polar surface area (TPSA) is 74.6 Å². The molecule has 0 aliphatic rings. The van der Waals surface area contributed by atoms with Gasteiger partial charge in [0.1, 0.15) is 11.3 Å². The van der Waals surface area contributed by atoms with Gasteiger partial charge in [0.2, 0.25) is 5.82 Å². The molecule has 2 aromatic carbocycles. The van der Waals surface area contributed by atoms with Crippen molar-refractivity contribution in [3.63, 3.8) is 0 Å². The number of fused-ring (bicyclic) bond motifs is 2. The maximum Gasteiger partial charge on any atom is 0.282 e. The fourth-order valence-electron chi connectivity index (χ4n) is 4.28. The first kappa shape index (κ1) is 20.8. The minimum absolute atomic E-state index is 0.261. The normalized spacial score (nSPS) is 11.8. The van der Waals surface area contributed by atoms with Gasteiger partial charge in [0, 0.05) is 23.5 Å². The smallest absolute Gasteiger partial charge is 0.282 e. The van der Waals surface area contributed by atoms with Gasteiger partial charge in [-0.3, -0.25) is 4.79 Å². The molecule has 0 unspecified atom stereocenters. The number of methoxy groups -OCH3 is 1. The third-order valence-corrected chi connectivity index (χ3v) is 5.96. The molecule has 5 rings (SSSR count). The van der Waals surface area contributed by atoms with Crippen molar-refractivity contribution >= 4 is 28.1 Å². The third-order valence-electron chi connectivity index (χ3n) is 5.96. The van der Waals surface area contributed by atoms with Crippen molar-refractivity contribution in [1.29, 1.82) is 0 Å². The van der Waals surface area contributed by atoms with Crippen molar-refractivity contribution < 1.29 is 9.15 Å². The van der Waals surface area contributed by atoms with Gasteiger partial charge in [-0.1, -0.05) is 18.2 Å². The fourth-order valence-corrected chi connectivity index (χ4v) is 4.28. The van der Waals surface area contributed by atoms with E-state index in [1.54, 1.807) is 19.4 Å². The lowest BCUT2D eigenvalue weighted by atomic mass is 10.2. The van der Waals surface area contributed by atoms with Gasteiger partial charge < -0.3 is 13.7 Å². The van der Waals surface area contributed by atoms with Crippen LogP contribution in [0.2, 0.25) is 0 Å². The predicted molar refractivity (Wildman–Crippen MR) is 130 cm³/mol. The Morgan fingerprint density at radius 2 is 1.91 bits per heavy atom. The maximum atomic E-state index is 13.4. The van der Waals surface area contributed by atoms with Crippen molar-refractivity contribution in [3.05, 3.63) is 81.9 Å². The number of para-hydroxylation sites is 1. The van der Waals surface area contributed by atoms with Crippen LogP contribution in [0.15, 0.2) is 68.9 Å². The number of hydrogen-bond donors (Lipinski definition) is 0. The summed E-state index contributed by atoms with van der Waals surface area (Å²) >= 11 is 0. The summed E-state index contributed by atoms with van der Waals surface area (Å²) in [5.74, 6) is 1.46. The Balaban J connectivity index is 1.74. The van der Waals surface area contributed by atoms with Gasteiger partial charge in [0.15, 0.2) is 5.76 Å². The van der Waals surface area contributed by atoms with E-state index in [1.807, 2.05) is 49.4 Å². The highest BCUT2D eigenvalue weighted by Gasteiger charge is 2.18. The molecule has 33 heavy (non-hydrogen) atoms. The number of benzene rings is 2. The number of rotatable bonds is 5. The van der Waals surface area contributed by atoms with E-state index < -0.39 is 0 Å². The lowest BCUT2D eigenvalue weighted by molar-refractivity contribution is 0.419. The van der Waals surface area contributed by atoms with Crippen molar-refractivity contribution in [2.45, 2.75) is 27.3 Å². The second-order valence-corrected chi connectivity index (χ2v) is 7.87. The first-order valence-corrected chi connectivity index (χ1v) is 10.8. The molecule has 7 heteroatoms. The van der Waals surface area contributed by atoms with E-state index in [0.717, 1.165) is 28.9 Å². The summed E-state index contributed by atoms with van der Waals surface area (Å²) in [6.07, 6.45) is 1.71. The van der Waals surface area contributed by atoms with Crippen molar-refractivity contribution in [3.8, 4) is 17.3 Å². The number of aryl methyl sites for hydroxylation is 1. The summed E-state index contributed by atoms with van der Waals surface area (Å²) in [5, 5.41) is 5.87. The molecule has 3 heterocycles. The van der Waals surface area contributed by atoms with Crippen LogP contribution in [0.25, 0.3) is 33.5 Å². The van der Waals surface area contributed by atoms with E-state index in [2.05, 4.69) is 29.6 Å². The number of hydrogen-bond acceptors (Lipinski definition) is 5. The highest BCUT2D eigenvalue weighted by Crippen LogP contribution is 2.32. The molecule has 0 spiro atoms. The Hall–Kier alpha value is -4.13. The van der Waals surface area contributed by atoms with Gasteiger partial charge in [-0.2, -0.15) is 9.78 Å². The Morgan fingerprint density at radius 1 is 1.09 bits per heavy atom. The van der Waals surface area contributed by atoms with Crippen LogP contribution >= 0.6 is 0 Å². The van der Waals surface area contributed by atoms with Crippen LogP contribution in [-0.2, 0) is 6.54 Å². The molecule has 7 nitrogen and oxygen atoms in total. The SMILES string of the molecule is CCn1c(C)cc(C=Nn2c(-c3cc4c(OC)cccc4o3)nc3ccccc3c2=O)c1C. The Morgan fingerprint density at radius 3 is 2.67 bits per heavy atom. The molecule has 0 radical (unpaired) electrons. The quantitative estimate of drug-likeness (QED) is 0.355. The standard InChI is InChI=1S/C26H24N4O3/c1-5-29-16(2)13-18(17(29)3)15-27-30-25(28-21-10-7-6-9-19(21)26(30)31)24-14-20-22(32-4)11-8-12-23(20)33-24/h6-15H,5H2,1-4H3. The molecule has 166 valence electrons. The van der Waals surface area contributed by atoms with E-state index >= 15 is 0 Å². The highest BCUT2D eigenvalue weighted by atomic mass is 16.5. The molecule has 0 bridgehead atoms. The van der Waals surface area contributed by atoms with Crippen LogP contribution in [0.4, 0.5) is 0 Å². The van der Waals surface area contributed by atoms with E-state index in [0.29, 0.717) is 33.8 Å². The minimum atomic E-state index is -0.261. The first-order chi connectivity index (χ1) is 16.0. The summed E-state index contributed by atoms with van der Waals surface area (Å²) in [6.45, 7) is 7.08. The van der Waals surface area contributed by atoms with E-state index in [9.17, 15) is 4.79 Å². The van der Waals surface area contributed by atoms with Crippen molar-refractivity contribution in [2.24, 2.45) is 5.10 Å². The van der Waals surface area contributed by atoms with Crippen molar-refractivity contribution in [2.75, 3.05) is 7.11 Å². The molecule has 0 atom stereocenters. The molecule has 0 saturated carbocycles. The highest BCUT2D eigenvalue weighted by molar-refractivity contribution is 5.88. The van der Waals surface area contributed by atoms with Crippen molar-refractivity contribution in [1.82, 2.24) is 14.2 Å². The van der Waals surface area contributed by atoms with E-state index in [4.69, 9.17) is 14.1 Å². The monoisotopic (exact) mass is 440 g/mol. The molecular weight excluding hydrogens is 416 g/mol. The number of ether oxygens (including phenoxy) is 1. The molecule has 0 saturated heterocycles. The minimum Gasteiger partial charge on any atom is -0.496 e. The van der Waals surface area contributed by atoms with Crippen LogP contribution in [0.5, 0.6) is 5.75 Å². The lowest BCUT2D eigenvalue weighted by Gasteiger charge is -2.07. The van der Waals surface area contributed by atoms with Gasteiger partial charge in [-0.25, -0.2) is 4.98 Å². The summed E-state index contributed by atoms with van der Waals surface area (Å²) in [6, 6.07) is 16.7. The molecule has 5 aromatic rings. The zero-order valence-electron chi connectivity index (χ0n) is 19.0. The Bertz CT molecular complexity index is 1590. The number of aromatic nitrogens is 3. The zero-order chi connectivity index (χ0) is 23.1. The number of nitrogens with zero attached hydrogens (tertiary/aromatic N) is 4. The van der Waals surface area contributed by atoms with Crippen LogP contribution in [-0.4, -0.2) is 27.6 Å². The third kappa shape index (κ3) is 3.42. The van der Waals surface area contributed by atoms with Gasteiger partial charge in [-0.05, 0) is 57.2 Å². The fraction of sp³-hybridized carbons (Fsp3) is 0.192. The maximum absolute atomic E-state index is 13.4. The Labute approximate surface area is 190 Å². The average molecular weight is 441 g/mol. The Kier molecular flexibility index (Phi) is 5.09. The van der Waals surface area contributed by atoms with E-state index in [-0.39, 0.29) is 5.56 Å². The van der Waals surface area contributed by atoms with Crippen LogP contribution in [0.3, 0.4) is 0 Å². The van der Waals surface area contributed by atoms with Crippen LogP contribution < -0.4 is 10.3 Å². The zero-order valence-corrected chi connectivity index (χ0v) is 19.0. The second-order valence-electron chi connectivity index (χ2n) is 7.87. The second kappa shape index (κ2) is 8.09. The lowest BCUT2D eigenvalue weighted by Crippen LogP contribution is -2.20. The van der Waals surface area contributed by atoms with Crippen LogP contribution in [0, 0.1) is 13.8 Å². The van der Waals surface area contributed by atoms with Crippen LogP contribution in [0.1, 0.15) is 23.9 Å². The predicted octanol–water partition coefficient (Wildman–Crippen LogP) is 5.14. The molecule has 0 aliphatic carbocycles. The van der Waals surface area contributed by atoms with Gasteiger partial charge in [0.05, 0.1) is 29.6 Å². The average Bonchev–Trinajstić information content (AvgIpc) is 3.38. The van der Waals surface area contributed by atoms with E-state index in [1.165, 1.54) is 4.68 Å². The first-order valence-electron chi connectivity index (χ1n) is 10.8. The summed E-state index contributed by atoms with van der Waals surface area (Å²) in [4.78, 5) is 18.2. The van der Waals surface area contributed by atoms with Gasteiger partial charge in [0.25, 0.3) is 5.56 Å². The molecule has 0 N–H and O–H groups in total. The summed E-state index contributed by atoms with van der Waals surface area (Å²) in [7, 11) is 1.61. The van der Waals surface area contributed by atoms with Gasteiger partial charge in [-0.15, -0.1) is 0 Å². The number of furan rings is 1. The molecule has 0 aliphatic heterocycles.